The molecule has 0 aliphatic carbocycles. The van der Waals surface area contributed by atoms with Gasteiger partial charge in [0.2, 0.25) is 11.8 Å². The molecule has 0 radical (unpaired) electrons. The molecule has 0 spiro atoms. The molecule has 162 valence electrons. The minimum absolute atomic E-state index is 0.123. The van der Waals surface area contributed by atoms with Gasteiger partial charge < -0.3 is 19.9 Å². The highest BCUT2D eigenvalue weighted by Gasteiger charge is 2.17. The van der Waals surface area contributed by atoms with Gasteiger partial charge >= 0.3 is 0 Å². The fourth-order valence-corrected chi connectivity index (χ4v) is 3.39. The smallest absolute Gasteiger partial charge is 0.238 e. The van der Waals surface area contributed by atoms with E-state index in [2.05, 4.69) is 15.8 Å². The van der Waals surface area contributed by atoms with E-state index in [1.54, 1.807) is 19.9 Å². The van der Waals surface area contributed by atoms with E-state index in [0.29, 0.717) is 29.6 Å². The summed E-state index contributed by atoms with van der Waals surface area (Å²) in [5.41, 5.74) is 2.67. The molecular weight excluding hydrogens is 414 g/mol. The first kappa shape index (κ1) is 22.4. The Morgan fingerprint density at radius 1 is 1.10 bits per heavy atom. The Morgan fingerprint density at radius 3 is 2.58 bits per heavy atom. The number of thioether (sulfide) groups is 1. The number of aromatic nitrogens is 1. The lowest BCUT2D eigenvalue weighted by molar-refractivity contribution is -0.115. The Balaban J connectivity index is 1.53. The van der Waals surface area contributed by atoms with Gasteiger partial charge in [-0.05, 0) is 44.0 Å². The number of hydrogen-bond donors (Lipinski definition) is 2. The maximum Gasteiger partial charge on any atom is 0.238 e. The highest BCUT2D eigenvalue weighted by molar-refractivity contribution is 8.01. The van der Waals surface area contributed by atoms with E-state index < -0.39 is 5.25 Å². The third-order valence-corrected chi connectivity index (χ3v) is 5.50. The summed E-state index contributed by atoms with van der Waals surface area (Å²) in [7, 11) is 0. The summed E-state index contributed by atoms with van der Waals surface area (Å²) in [6, 6.07) is 17.1. The van der Waals surface area contributed by atoms with E-state index in [-0.39, 0.29) is 17.6 Å². The Hall–Kier alpha value is -3.26. The van der Waals surface area contributed by atoms with Crippen molar-refractivity contribution in [1.29, 1.82) is 0 Å². The molecule has 0 aliphatic rings. The zero-order chi connectivity index (χ0) is 22.2. The first-order chi connectivity index (χ1) is 14.9. The van der Waals surface area contributed by atoms with Crippen LogP contribution in [0, 0.1) is 13.8 Å². The molecule has 1 atom stereocenters. The van der Waals surface area contributed by atoms with Gasteiger partial charge in [-0.25, -0.2) is 0 Å². The van der Waals surface area contributed by atoms with Crippen LogP contribution in [-0.4, -0.2) is 28.0 Å². The van der Waals surface area contributed by atoms with Crippen molar-refractivity contribution in [2.24, 2.45) is 0 Å². The summed E-state index contributed by atoms with van der Waals surface area (Å²) in [5, 5.41) is 8.85. The molecule has 2 N–H and O–H groups in total. The first-order valence-corrected chi connectivity index (χ1v) is 10.9. The lowest BCUT2D eigenvalue weighted by atomic mass is 10.2. The molecule has 0 aliphatic heterocycles. The molecule has 1 unspecified atom stereocenters. The third-order valence-electron chi connectivity index (χ3n) is 4.36. The number of aryl methyl sites for hydroxylation is 2. The largest absolute Gasteiger partial charge is 0.487 e. The topological polar surface area (TPSA) is 93.5 Å². The van der Waals surface area contributed by atoms with Crippen molar-refractivity contribution in [3.05, 3.63) is 71.5 Å². The van der Waals surface area contributed by atoms with Gasteiger partial charge in [-0.2, -0.15) is 0 Å². The third kappa shape index (κ3) is 6.89. The summed E-state index contributed by atoms with van der Waals surface area (Å²) in [4.78, 5) is 24.7. The van der Waals surface area contributed by atoms with Gasteiger partial charge in [0.1, 0.15) is 18.1 Å². The normalized spacial score (nSPS) is 11.6. The molecule has 2 amide bonds. The molecule has 0 bridgehead atoms. The number of rotatable bonds is 9. The Bertz CT molecular complexity index is 1040. The highest BCUT2D eigenvalue weighted by Crippen LogP contribution is 2.27. The van der Waals surface area contributed by atoms with E-state index in [1.165, 1.54) is 11.8 Å². The Morgan fingerprint density at radius 2 is 1.87 bits per heavy atom. The monoisotopic (exact) mass is 439 g/mol. The fraction of sp³-hybridized carbons (Fsp3) is 0.261. The number of carbonyl (C=O) groups excluding carboxylic acids is 2. The van der Waals surface area contributed by atoms with Crippen LogP contribution >= 0.6 is 11.8 Å². The van der Waals surface area contributed by atoms with E-state index in [4.69, 9.17) is 9.26 Å². The zero-order valence-electron chi connectivity index (χ0n) is 17.7. The quantitative estimate of drug-likeness (QED) is 0.507. The SMILES string of the molecule is Cc1ccc(NC(=O)CSC(C)C(=O)Nc2cc(C)on2)c(OCc2ccccc2)c1. The summed E-state index contributed by atoms with van der Waals surface area (Å²) in [6.07, 6.45) is 0. The molecule has 8 heteroatoms. The van der Waals surface area contributed by atoms with E-state index >= 15 is 0 Å². The van der Waals surface area contributed by atoms with Gasteiger partial charge in [-0.3, -0.25) is 9.59 Å². The predicted molar refractivity (Wildman–Crippen MR) is 122 cm³/mol. The number of benzene rings is 2. The van der Waals surface area contributed by atoms with Crippen molar-refractivity contribution in [3.63, 3.8) is 0 Å². The second kappa shape index (κ2) is 10.7. The highest BCUT2D eigenvalue weighted by atomic mass is 32.2. The van der Waals surface area contributed by atoms with Crippen molar-refractivity contribution in [1.82, 2.24) is 5.16 Å². The van der Waals surface area contributed by atoms with Crippen LogP contribution in [-0.2, 0) is 16.2 Å². The molecule has 31 heavy (non-hydrogen) atoms. The van der Waals surface area contributed by atoms with E-state index in [9.17, 15) is 9.59 Å². The number of carbonyl (C=O) groups is 2. The maximum absolute atomic E-state index is 12.5. The number of ether oxygens (including phenoxy) is 1. The average Bonchev–Trinajstić information content (AvgIpc) is 3.17. The average molecular weight is 440 g/mol. The molecule has 1 heterocycles. The number of hydrogen-bond acceptors (Lipinski definition) is 6. The fourth-order valence-electron chi connectivity index (χ4n) is 2.70. The van der Waals surface area contributed by atoms with Crippen molar-refractivity contribution < 1.29 is 18.8 Å². The summed E-state index contributed by atoms with van der Waals surface area (Å²) >= 11 is 1.23. The van der Waals surface area contributed by atoms with Gasteiger partial charge in [0.25, 0.3) is 0 Å². The number of nitrogens with zero attached hydrogens (tertiary/aromatic N) is 1. The Labute approximate surface area is 185 Å². The minimum atomic E-state index is -0.436. The van der Waals surface area contributed by atoms with Crippen molar-refractivity contribution in [2.75, 3.05) is 16.4 Å². The minimum Gasteiger partial charge on any atom is -0.487 e. The molecule has 7 nitrogen and oxygen atoms in total. The Kier molecular flexibility index (Phi) is 7.72. The second-order valence-electron chi connectivity index (χ2n) is 7.09. The van der Waals surface area contributed by atoms with E-state index in [1.807, 2.05) is 55.5 Å². The second-order valence-corrected chi connectivity index (χ2v) is 8.42. The number of nitrogens with one attached hydrogen (secondary N) is 2. The van der Waals surface area contributed by atoms with Crippen molar-refractivity contribution in [2.45, 2.75) is 32.6 Å². The van der Waals surface area contributed by atoms with Crippen LogP contribution in [0.1, 0.15) is 23.8 Å². The molecule has 3 aromatic rings. The lowest BCUT2D eigenvalue weighted by Gasteiger charge is -2.14. The van der Waals surface area contributed by atoms with Crippen LogP contribution in [0.25, 0.3) is 0 Å². The molecule has 3 rings (SSSR count). The van der Waals surface area contributed by atoms with Crippen LogP contribution in [0.4, 0.5) is 11.5 Å². The lowest BCUT2D eigenvalue weighted by Crippen LogP contribution is -2.25. The summed E-state index contributed by atoms with van der Waals surface area (Å²) in [6.45, 7) is 5.85. The predicted octanol–water partition coefficient (Wildman–Crippen LogP) is 4.57. The standard InChI is InChI=1S/C23H25N3O4S/c1-15-9-10-19(20(11-15)29-13-18-7-5-4-6-8-18)24-22(27)14-31-17(3)23(28)25-21-12-16(2)30-26-21/h4-12,17H,13-14H2,1-3H3,(H,24,27)(H,25,26,28). The number of amides is 2. The van der Waals surface area contributed by atoms with Crippen molar-refractivity contribution in [3.8, 4) is 5.75 Å². The van der Waals surface area contributed by atoms with E-state index in [0.717, 1.165) is 11.1 Å². The zero-order valence-corrected chi connectivity index (χ0v) is 18.5. The summed E-state index contributed by atoms with van der Waals surface area (Å²) < 4.78 is 10.9. The molecule has 2 aromatic carbocycles. The van der Waals surface area contributed by atoms with Gasteiger partial charge in [0, 0.05) is 6.07 Å². The molecular formula is C23H25N3O4S. The van der Waals surface area contributed by atoms with Crippen LogP contribution in [0.3, 0.4) is 0 Å². The van der Waals surface area contributed by atoms with Crippen LogP contribution in [0.5, 0.6) is 5.75 Å². The molecule has 1 aromatic heterocycles. The molecule has 0 saturated carbocycles. The van der Waals surface area contributed by atoms with Crippen LogP contribution < -0.4 is 15.4 Å². The summed E-state index contributed by atoms with van der Waals surface area (Å²) in [5.74, 6) is 1.24. The first-order valence-electron chi connectivity index (χ1n) is 9.83. The van der Waals surface area contributed by atoms with Crippen molar-refractivity contribution >= 4 is 35.1 Å². The maximum atomic E-state index is 12.5. The van der Waals surface area contributed by atoms with Gasteiger partial charge in [-0.15, -0.1) is 11.8 Å². The van der Waals surface area contributed by atoms with Gasteiger partial charge in [-0.1, -0.05) is 41.6 Å². The van der Waals surface area contributed by atoms with Gasteiger partial charge in [0.05, 0.1) is 16.7 Å². The van der Waals surface area contributed by atoms with Crippen LogP contribution in [0.15, 0.2) is 59.1 Å². The number of anilines is 2. The molecule has 0 fully saturated rings. The van der Waals surface area contributed by atoms with Crippen LogP contribution in [0.2, 0.25) is 0 Å². The molecule has 0 saturated heterocycles. The van der Waals surface area contributed by atoms with Gasteiger partial charge in [0.15, 0.2) is 5.82 Å².